The molecule has 5 aromatic rings. The molecule has 0 bridgehead atoms. The first-order valence-corrected chi connectivity index (χ1v) is 15.8. The van der Waals surface area contributed by atoms with E-state index in [1.54, 1.807) is 0 Å². The second-order valence-corrected chi connectivity index (χ2v) is 13.8. The summed E-state index contributed by atoms with van der Waals surface area (Å²) in [5, 5.41) is 32.4. The number of anilines is 3. The predicted octanol–water partition coefficient (Wildman–Crippen LogP) is 10.2. The first kappa shape index (κ1) is 30.0. The summed E-state index contributed by atoms with van der Waals surface area (Å²) >= 11 is 0. The molecule has 47 heavy (non-hydrogen) atoms. The Morgan fingerprint density at radius 2 is 0.936 bits per heavy atom. The van der Waals surface area contributed by atoms with Crippen LogP contribution in [0, 0.1) is 34.0 Å². The fraction of sp³-hybridized carbons (Fsp3) is 0.214. The Bertz CT molecular complexity index is 2130. The van der Waals surface area contributed by atoms with Gasteiger partial charge in [0.1, 0.15) is 18.2 Å². The van der Waals surface area contributed by atoms with E-state index in [9.17, 15) is 15.8 Å². The second-order valence-electron chi connectivity index (χ2n) is 13.8. The molecule has 0 aliphatic carbocycles. The summed E-state index contributed by atoms with van der Waals surface area (Å²) in [4.78, 5) is 2.04. The maximum Gasteiger partial charge on any atom is 0.103 e. The van der Waals surface area contributed by atoms with Crippen LogP contribution in [0.5, 0.6) is 0 Å². The molecule has 0 spiro atoms. The van der Waals surface area contributed by atoms with Crippen LogP contribution in [0.3, 0.4) is 0 Å². The zero-order chi connectivity index (χ0) is 33.3. The van der Waals surface area contributed by atoms with Gasteiger partial charge in [0.2, 0.25) is 0 Å². The van der Waals surface area contributed by atoms with E-state index < -0.39 is 16.6 Å². The van der Waals surface area contributed by atoms with Gasteiger partial charge in [-0.05, 0) is 85.3 Å². The van der Waals surface area contributed by atoms with Gasteiger partial charge in [0.15, 0.2) is 0 Å². The second kappa shape index (κ2) is 10.4. The van der Waals surface area contributed by atoms with Gasteiger partial charge in [0.25, 0.3) is 0 Å². The van der Waals surface area contributed by atoms with Crippen LogP contribution < -0.4 is 4.90 Å². The Labute approximate surface area is 276 Å². The molecule has 0 aromatic heterocycles. The summed E-state index contributed by atoms with van der Waals surface area (Å²) in [6, 6.07) is 40.6. The Morgan fingerprint density at radius 3 is 1.36 bits per heavy atom. The molecule has 0 atom stereocenters. The van der Waals surface area contributed by atoms with Crippen LogP contribution in [0.2, 0.25) is 0 Å². The maximum absolute atomic E-state index is 11.0. The number of hydrogen-bond donors (Lipinski definition) is 0. The number of fused-ring (bicyclic) bond motifs is 3. The number of benzene rings is 5. The summed E-state index contributed by atoms with van der Waals surface area (Å²) in [6.07, 6.45) is 0. The fourth-order valence-corrected chi connectivity index (χ4v) is 7.83. The molecule has 228 valence electrons. The quantitative estimate of drug-likeness (QED) is 0.203. The molecule has 2 heterocycles. The van der Waals surface area contributed by atoms with Crippen molar-refractivity contribution in [3.8, 4) is 40.5 Å². The van der Waals surface area contributed by atoms with Gasteiger partial charge in [-0.3, -0.25) is 0 Å². The molecule has 0 radical (unpaired) electrons. The first-order chi connectivity index (χ1) is 22.4. The van der Waals surface area contributed by atoms with Crippen molar-refractivity contribution in [2.45, 2.75) is 58.2 Å². The van der Waals surface area contributed by atoms with Gasteiger partial charge in [0, 0.05) is 16.5 Å². The average molecular weight is 611 g/mol. The van der Waals surface area contributed by atoms with Crippen LogP contribution >= 0.6 is 0 Å². The van der Waals surface area contributed by atoms with Gasteiger partial charge in [-0.2, -0.15) is 15.8 Å². The normalized spacial score (nSPS) is 16.2. The van der Waals surface area contributed by atoms with Crippen molar-refractivity contribution in [3.05, 3.63) is 136 Å². The van der Waals surface area contributed by atoms with E-state index in [0.717, 1.165) is 44.8 Å². The molecule has 5 nitrogen and oxygen atoms in total. The summed E-state index contributed by atoms with van der Waals surface area (Å²) in [5.74, 6) is 0. The zero-order valence-corrected chi connectivity index (χ0v) is 27.4. The van der Waals surface area contributed by atoms with Gasteiger partial charge >= 0.3 is 0 Å². The molecular weight excluding hydrogens is 576 g/mol. The smallest absolute Gasteiger partial charge is 0.103 e. The predicted molar refractivity (Wildman–Crippen MR) is 185 cm³/mol. The van der Waals surface area contributed by atoms with Gasteiger partial charge in [-0.1, -0.05) is 86.6 Å². The van der Waals surface area contributed by atoms with E-state index >= 15 is 0 Å². The number of rotatable bonds is 3. The van der Waals surface area contributed by atoms with Gasteiger partial charge < -0.3 is 9.64 Å². The highest BCUT2D eigenvalue weighted by Gasteiger charge is 2.50. The minimum Gasteiger partial charge on any atom is -0.360 e. The minimum atomic E-state index is -0.868. The highest BCUT2D eigenvalue weighted by Crippen LogP contribution is 2.58. The van der Waals surface area contributed by atoms with Crippen molar-refractivity contribution in [3.63, 3.8) is 0 Å². The van der Waals surface area contributed by atoms with Crippen molar-refractivity contribution in [1.29, 1.82) is 15.8 Å². The highest BCUT2D eigenvalue weighted by molar-refractivity contribution is 5.94. The van der Waals surface area contributed by atoms with Crippen LogP contribution in [0.25, 0.3) is 22.3 Å². The molecule has 0 N–H and O–H groups in total. The SMILES string of the molecule is CC1(C)OC(C)(C)c2c(C#N)c(N3c4ccc(-c5ccccc5)cc4C(C)(C)c4cc(-c5ccccc5)ccc43)c(C#N)c(C#N)c21. The largest absolute Gasteiger partial charge is 0.360 e. The topological polar surface area (TPSA) is 83.8 Å². The number of hydrogen-bond acceptors (Lipinski definition) is 5. The summed E-state index contributed by atoms with van der Waals surface area (Å²) < 4.78 is 6.50. The Balaban J connectivity index is 1.61. The Kier molecular flexibility index (Phi) is 6.66. The Hall–Kier alpha value is -5.67. The number of nitriles is 3. The van der Waals surface area contributed by atoms with E-state index in [2.05, 4.69) is 92.7 Å². The van der Waals surface area contributed by atoms with Crippen LogP contribution in [-0.4, -0.2) is 0 Å². The lowest BCUT2D eigenvalue weighted by molar-refractivity contribution is -0.105. The highest BCUT2D eigenvalue weighted by atomic mass is 16.5. The third-order valence-corrected chi connectivity index (χ3v) is 9.78. The summed E-state index contributed by atoms with van der Waals surface area (Å²) in [6.45, 7) is 12.1. The van der Waals surface area contributed by atoms with Gasteiger partial charge in [0.05, 0.1) is 45.0 Å². The lowest BCUT2D eigenvalue weighted by atomic mass is 9.71. The van der Waals surface area contributed by atoms with Crippen molar-refractivity contribution in [2.24, 2.45) is 0 Å². The standard InChI is InChI=1S/C42H34N4O/c1-40(2)33-21-28(26-13-9-7-10-14-26)17-19-35(33)46(36-20-18-29(22-34(36)40)27-15-11-8-12-16-27)39-31(24-44)30(23-43)37-38(32(39)25-45)42(5,6)47-41(37,3)4/h7-22H,1-6H3. The first-order valence-electron chi connectivity index (χ1n) is 15.8. The van der Waals surface area contributed by atoms with Crippen molar-refractivity contribution >= 4 is 17.1 Å². The molecule has 5 heteroatoms. The van der Waals surface area contributed by atoms with Gasteiger partial charge in [-0.25, -0.2) is 0 Å². The number of ether oxygens (including phenoxy) is 1. The van der Waals surface area contributed by atoms with Crippen LogP contribution in [0.1, 0.15) is 80.5 Å². The fourth-order valence-electron chi connectivity index (χ4n) is 7.83. The lowest BCUT2D eigenvalue weighted by Gasteiger charge is -2.43. The monoisotopic (exact) mass is 610 g/mol. The zero-order valence-electron chi connectivity index (χ0n) is 27.4. The molecule has 2 aliphatic heterocycles. The van der Waals surface area contributed by atoms with E-state index in [1.807, 2.05) is 69.0 Å². The molecular formula is C42H34N4O. The third-order valence-electron chi connectivity index (χ3n) is 9.78. The van der Waals surface area contributed by atoms with Crippen molar-refractivity contribution in [1.82, 2.24) is 0 Å². The molecule has 0 fully saturated rings. The molecule has 0 unspecified atom stereocenters. The Morgan fingerprint density at radius 1 is 0.511 bits per heavy atom. The van der Waals surface area contributed by atoms with E-state index in [4.69, 9.17) is 4.74 Å². The van der Waals surface area contributed by atoms with Crippen molar-refractivity contribution < 1.29 is 4.74 Å². The van der Waals surface area contributed by atoms with Gasteiger partial charge in [-0.15, -0.1) is 0 Å². The average Bonchev–Trinajstić information content (AvgIpc) is 3.27. The molecule has 2 aliphatic rings. The summed E-state index contributed by atoms with van der Waals surface area (Å²) in [5.41, 5.74) is 8.45. The number of nitrogens with zero attached hydrogens (tertiary/aromatic N) is 4. The molecule has 0 saturated carbocycles. The van der Waals surface area contributed by atoms with Crippen LogP contribution in [-0.2, 0) is 21.4 Å². The molecule has 7 rings (SSSR count). The summed E-state index contributed by atoms with van der Waals surface area (Å²) in [7, 11) is 0. The maximum atomic E-state index is 11.0. The lowest BCUT2D eigenvalue weighted by Crippen LogP contribution is -2.32. The van der Waals surface area contributed by atoms with E-state index in [0.29, 0.717) is 22.4 Å². The van der Waals surface area contributed by atoms with Crippen LogP contribution in [0.15, 0.2) is 97.1 Å². The van der Waals surface area contributed by atoms with Crippen LogP contribution in [0.4, 0.5) is 17.1 Å². The molecule has 0 amide bonds. The van der Waals surface area contributed by atoms with E-state index in [-0.39, 0.29) is 11.1 Å². The molecule has 0 saturated heterocycles. The minimum absolute atomic E-state index is 0.174. The third kappa shape index (κ3) is 4.38. The molecule has 5 aromatic carbocycles. The van der Waals surface area contributed by atoms with Crippen molar-refractivity contribution in [2.75, 3.05) is 4.90 Å². The van der Waals surface area contributed by atoms with E-state index in [1.165, 1.54) is 0 Å².